The van der Waals surface area contributed by atoms with Crippen molar-refractivity contribution in [2.24, 2.45) is 0 Å². The lowest BCUT2D eigenvalue weighted by Gasteiger charge is -2.30. The number of fused-ring (bicyclic) bond motifs is 1. The monoisotopic (exact) mass is 527 g/mol. The van der Waals surface area contributed by atoms with Gasteiger partial charge in [-0.05, 0) is 39.8 Å². The van der Waals surface area contributed by atoms with Crippen LogP contribution in [0.25, 0.3) is 10.9 Å². The van der Waals surface area contributed by atoms with Crippen molar-refractivity contribution in [2.75, 3.05) is 32.8 Å². The van der Waals surface area contributed by atoms with Crippen molar-refractivity contribution in [3.8, 4) is 11.5 Å². The number of halogens is 4. The molecule has 3 aromatic rings. The van der Waals surface area contributed by atoms with Crippen LogP contribution in [0.1, 0.15) is 43.8 Å². The predicted octanol–water partition coefficient (Wildman–Crippen LogP) is 5.80. The Kier molecular flexibility index (Phi) is 8.22. The quantitative estimate of drug-likeness (QED) is 0.322. The van der Waals surface area contributed by atoms with E-state index in [0.29, 0.717) is 34.9 Å². The highest BCUT2D eigenvalue weighted by atomic mass is 35.5. The first-order valence-corrected chi connectivity index (χ1v) is 11.5. The van der Waals surface area contributed by atoms with Gasteiger partial charge in [0, 0.05) is 18.1 Å². The Morgan fingerprint density at radius 1 is 1.17 bits per heavy atom. The number of aryl methyl sites for hydroxylation is 1. The first-order chi connectivity index (χ1) is 16.8. The van der Waals surface area contributed by atoms with E-state index < -0.39 is 28.9 Å². The summed E-state index contributed by atoms with van der Waals surface area (Å²) in [6.07, 6.45) is 0. The smallest absolute Gasteiger partial charge is 0.303 e. The molecule has 3 rings (SSSR count). The largest absolute Gasteiger partial charge is 0.491 e. The molecular formula is C25H29ClF3N3O4. The molecule has 1 heterocycles. The van der Waals surface area contributed by atoms with Crippen LogP contribution in [0, 0.1) is 12.7 Å². The fourth-order valence-electron chi connectivity index (χ4n) is 3.68. The van der Waals surface area contributed by atoms with Crippen molar-refractivity contribution >= 4 is 28.3 Å². The summed E-state index contributed by atoms with van der Waals surface area (Å²) in [5.74, 6) is -3.66. The third-order valence-electron chi connectivity index (χ3n) is 5.67. The molecule has 11 heteroatoms. The summed E-state index contributed by atoms with van der Waals surface area (Å²) < 4.78 is 61.0. The van der Waals surface area contributed by atoms with Gasteiger partial charge >= 0.3 is 5.92 Å². The molecule has 0 bridgehead atoms. The van der Waals surface area contributed by atoms with Crippen LogP contribution in [-0.4, -0.2) is 48.1 Å². The highest BCUT2D eigenvalue weighted by Gasteiger charge is 2.49. The molecule has 7 nitrogen and oxygen atoms in total. The summed E-state index contributed by atoms with van der Waals surface area (Å²) in [5, 5.41) is 13.7. The van der Waals surface area contributed by atoms with Gasteiger partial charge in [-0.1, -0.05) is 23.7 Å². The third kappa shape index (κ3) is 5.30. The maximum Gasteiger partial charge on any atom is 0.303 e. The highest BCUT2D eigenvalue weighted by molar-refractivity contribution is 6.37. The van der Waals surface area contributed by atoms with Gasteiger partial charge in [0.15, 0.2) is 11.5 Å². The summed E-state index contributed by atoms with van der Waals surface area (Å²) in [5.41, 5.74) is -3.01. The van der Waals surface area contributed by atoms with E-state index in [1.54, 1.807) is 27.0 Å². The van der Waals surface area contributed by atoms with Gasteiger partial charge in [0.2, 0.25) is 0 Å². The number of alkyl halides is 2. The van der Waals surface area contributed by atoms with E-state index in [9.17, 15) is 13.9 Å². The van der Waals surface area contributed by atoms with E-state index in [2.05, 4.69) is 15.3 Å². The second-order valence-electron chi connectivity index (χ2n) is 8.79. The molecule has 0 amide bonds. The molecule has 2 N–H and O–H groups in total. The van der Waals surface area contributed by atoms with Crippen LogP contribution in [0.15, 0.2) is 24.3 Å². The number of ether oxygens (including phenoxy) is 3. The molecule has 0 fully saturated rings. The normalized spacial score (nSPS) is 13.1. The lowest BCUT2D eigenvalue weighted by atomic mass is 9.91. The number of methoxy groups -OCH3 is 2. The highest BCUT2D eigenvalue weighted by Crippen LogP contribution is 2.44. The zero-order chi connectivity index (χ0) is 26.8. The summed E-state index contributed by atoms with van der Waals surface area (Å²) in [6.45, 7) is 5.69. The van der Waals surface area contributed by atoms with Crippen LogP contribution in [0.2, 0.25) is 5.02 Å². The van der Waals surface area contributed by atoms with E-state index in [1.165, 1.54) is 19.2 Å². The molecule has 196 valence electrons. The topological polar surface area (TPSA) is 85.7 Å². The average molecular weight is 528 g/mol. The summed E-state index contributed by atoms with van der Waals surface area (Å²) >= 11 is 6.57. The zero-order valence-electron chi connectivity index (χ0n) is 20.9. The molecule has 0 unspecified atom stereocenters. The Hall–Kier alpha value is -2.82. The maximum absolute atomic E-state index is 15.3. The average Bonchev–Trinajstić information content (AvgIpc) is 2.79. The molecular weight excluding hydrogens is 499 g/mol. The molecule has 0 saturated carbocycles. The van der Waals surface area contributed by atoms with Crippen LogP contribution in [-0.2, 0) is 10.7 Å². The molecule has 0 saturated heterocycles. The number of rotatable bonds is 10. The molecule has 36 heavy (non-hydrogen) atoms. The SMILES string of the molecule is COCCOc1cc2c(N[C@H](C)c3cccc(C(F)(F)C(C)(C)O)c3F)nc(C)nc2c(Cl)c1OC. The van der Waals surface area contributed by atoms with E-state index in [1.807, 2.05) is 0 Å². The Labute approximate surface area is 212 Å². The van der Waals surface area contributed by atoms with Crippen LogP contribution < -0.4 is 14.8 Å². The minimum Gasteiger partial charge on any atom is -0.491 e. The second-order valence-corrected chi connectivity index (χ2v) is 9.16. The first kappa shape index (κ1) is 27.8. The molecule has 2 aromatic carbocycles. The van der Waals surface area contributed by atoms with E-state index in [4.69, 9.17) is 25.8 Å². The van der Waals surface area contributed by atoms with E-state index in [0.717, 1.165) is 19.9 Å². The zero-order valence-corrected chi connectivity index (χ0v) is 21.6. The lowest BCUT2D eigenvalue weighted by Crippen LogP contribution is -2.41. The van der Waals surface area contributed by atoms with Crippen molar-refractivity contribution in [3.05, 3.63) is 52.1 Å². The molecule has 0 aliphatic heterocycles. The van der Waals surface area contributed by atoms with Gasteiger partial charge in [-0.25, -0.2) is 14.4 Å². The number of hydrogen-bond donors (Lipinski definition) is 2. The first-order valence-electron chi connectivity index (χ1n) is 11.2. The van der Waals surface area contributed by atoms with Crippen LogP contribution >= 0.6 is 11.6 Å². The molecule has 1 atom stereocenters. The van der Waals surface area contributed by atoms with Crippen LogP contribution in [0.3, 0.4) is 0 Å². The van der Waals surface area contributed by atoms with Crippen molar-refractivity contribution in [2.45, 2.75) is 45.3 Å². The van der Waals surface area contributed by atoms with Crippen molar-refractivity contribution in [3.63, 3.8) is 0 Å². The number of hydrogen-bond acceptors (Lipinski definition) is 7. The van der Waals surface area contributed by atoms with Gasteiger partial charge in [0.25, 0.3) is 0 Å². The summed E-state index contributed by atoms with van der Waals surface area (Å²) in [7, 11) is 2.99. The number of anilines is 1. The number of nitrogens with one attached hydrogen (secondary N) is 1. The Bertz CT molecular complexity index is 1250. The predicted molar refractivity (Wildman–Crippen MR) is 132 cm³/mol. The van der Waals surface area contributed by atoms with Crippen molar-refractivity contribution < 1.29 is 32.5 Å². The standard InChI is InChI=1S/C25H29ClF3N3O4/c1-13(15-8-7-9-17(20(15)27)25(28,29)24(3,4)33)30-23-16-12-18(36-11-10-34-5)22(35-6)19(26)21(16)31-14(2)32-23/h7-9,12-13,33H,10-11H2,1-6H3,(H,30,31,32)/t13-/m1/s1. The molecule has 0 aliphatic carbocycles. The van der Waals surface area contributed by atoms with Crippen LogP contribution in [0.5, 0.6) is 11.5 Å². The van der Waals surface area contributed by atoms with Gasteiger partial charge in [0.05, 0.1) is 30.8 Å². The van der Waals surface area contributed by atoms with Gasteiger partial charge in [-0.15, -0.1) is 0 Å². The van der Waals surface area contributed by atoms with Crippen LogP contribution in [0.4, 0.5) is 19.0 Å². The lowest BCUT2D eigenvalue weighted by molar-refractivity contribution is -0.170. The summed E-state index contributed by atoms with van der Waals surface area (Å²) in [4.78, 5) is 8.84. The van der Waals surface area contributed by atoms with Gasteiger partial charge < -0.3 is 24.6 Å². The fourth-order valence-corrected chi connectivity index (χ4v) is 3.99. The minimum atomic E-state index is -3.82. The molecule has 0 radical (unpaired) electrons. The molecule has 1 aromatic heterocycles. The van der Waals surface area contributed by atoms with Gasteiger partial charge in [0.1, 0.15) is 34.7 Å². The Morgan fingerprint density at radius 2 is 1.86 bits per heavy atom. The third-order valence-corrected chi connectivity index (χ3v) is 6.02. The maximum atomic E-state index is 15.3. The summed E-state index contributed by atoms with van der Waals surface area (Å²) in [6, 6.07) is 4.52. The molecule has 0 aliphatic rings. The Morgan fingerprint density at radius 3 is 2.47 bits per heavy atom. The Balaban J connectivity index is 2.08. The van der Waals surface area contributed by atoms with Crippen molar-refractivity contribution in [1.29, 1.82) is 0 Å². The number of nitrogens with zero attached hydrogens (tertiary/aromatic N) is 2. The number of benzene rings is 2. The van der Waals surface area contributed by atoms with E-state index in [-0.39, 0.29) is 22.9 Å². The van der Waals surface area contributed by atoms with E-state index >= 15 is 4.39 Å². The van der Waals surface area contributed by atoms with Gasteiger partial charge in [-0.3, -0.25) is 0 Å². The minimum absolute atomic E-state index is 0.0305. The number of aliphatic hydroxyl groups is 1. The second kappa shape index (κ2) is 10.7. The molecule has 0 spiro atoms. The fraction of sp³-hybridized carbons (Fsp3) is 0.440. The van der Waals surface area contributed by atoms with Crippen molar-refractivity contribution in [1.82, 2.24) is 9.97 Å². The van der Waals surface area contributed by atoms with Gasteiger partial charge in [-0.2, -0.15) is 8.78 Å². The number of aromatic nitrogens is 2.